The molecule has 0 aliphatic carbocycles. The quantitative estimate of drug-likeness (QED) is 0.597. The average molecular weight is 226 g/mol. The third-order valence-electron chi connectivity index (χ3n) is 2.40. The van der Waals surface area contributed by atoms with Gasteiger partial charge < -0.3 is 0 Å². The Bertz CT molecular complexity index is 565. The van der Waals surface area contributed by atoms with Crippen molar-refractivity contribution in [3.05, 3.63) is 76.6 Å². The lowest BCUT2D eigenvalue weighted by Gasteiger charge is -2.05. The molecule has 4 heteroatoms. The number of hydrogen-bond acceptors (Lipinski definition) is 3. The third kappa shape index (κ3) is 2.20. The molecule has 1 aromatic carbocycles. The summed E-state index contributed by atoms with van der Waals surface area (Å²) in [6, 6.07) is 11.9. The minimum Gasteiger partial charge on any atom is -0.258 e. The highest BCUT2D eigenvalue weighted by Gasteiger charge is 2.16. The molecule has 0 aliphatic heterocycles. The number of para-hydroxylation sites is 1. The molecule has 2 aromatic rings. The third-order valence-corrected chi connectivity index (χ3v) is 2.40. The van der Waals surface area contributed by atoms with Gasteiger partial charge in [-0.15, -0.1) is 0 Å². The maximum Gasteiger partial charge on any atom is 0.277 e. The number of nitro benzene ring substituents is 1. The molecule has 1 heterocycles. The van der Waals surface area contributed by atoms with Crippen LogP contribution < -0.4 is 0 Å². The second-order valence-corrected chi connectivity index (χ2v) is 3.47. The van der Waals surface area contributed by atoms with Gasteiger partial charge in [-0.25, -0.2) is 0 Å². The Morgan fingerprint density at radius 3 is 2.53 bits per heavy atom. The van der Waals surface area contributed by atoms with Crippen LogP contribution in [0, 0.1) is 10.1 Å². The number of aromatic nitrogens is 1. The molecule has 4 nitrogen and oxygen atoms in total. The Labute approximate surface area is 98.4 Å². The normalized spacial score (nSPS) is 9.88. The van der Waals surface area contributed by atoms with Crippen molar-refractivity contribution in [2.75, 3.05) is 0 Å². The van der Waals surface area contributed by atoms with Crippen LogP contribution in [0.3, 0.4) is 0 Å². The number of benzene rings is 1. The molecule has 0 amide bonds. The largest absolute Gasteiger partial charge is 0.277 e. The van der Waals surface area contributed by atoms with Crippen molar-refractivity contribution in [3.8, 4) is 0 Å². The van der Waals surface area contributed by atoms with E-state index in [1.807, 2.05) is 6.07 Å². The lowest BCUT2D eigenvalue weighted by molar-refractivity contribution is -0.385. The summed E-state index contributed by atoms with van der Waals surface area (Å²) < 4.78 is 0. The molecule has 0 bridgehead atoms. The number of nitrogens with zero attached hydrogens (tertiary/aromatic N) is 2. The molecule has 0 fully saturated rings. The van der Waals surface area contributed by atoms with Gasteiger partial charge in [-0.3, -0.25) is 15.1 Å². The van der Waals surface area contributed by atoms with Gasteiger partial charge in [0.05, 0.1) is 16.2 Å². The fourth-order valence-corrected chi connectivity index (χ4v) is 1.57. The summed E-state index contributed by atoms with van der Waals surface area (Å²) in [5.74, 6) is 0. The molecule has 0 saturated carbocycles. The SMILES string of the molecule is C=C(c1ccccn1)c1ccccc1[N+](=O)[O-]. The Hall–Kier alpha value is -2.49. The predicted octanol–water partition coefficient (Wildman–Crippen LogP) is 3.05. The molecule has 0 spiro atoms. The molecule has 0 aliphatic rings. The summed E-state index contributed by atoms with van der Waals surface area (Å²) in [5.41, 5.74) is 1.74. The summed E-state index contributed by atoms with van der Waals surface area (Å²) in [7, 11) is 0. The van der Waals surface area contributed by atoms with E-state index in [1.165, 1.54) is 6.07 Å². The zero-order valence-corrected chi connectivity index (χ0v) is 9.04. The summed E-state index contributed by atoms with van der Waals surface area (Å²) in [6.07, 6.45) is 1.63. The maximum atomic E-state index is 10.9. The molecule has 2 rings (SSSR count). The predicted molar refractivity (Wildman–Crippen MR) is 65.5 cm³/mol. The van der Waals surface area contributed by atoms with Crippen LogP contribution in [0.15, 0.2) is 55.2 Å². The monoisotopic (exact) mass is 226 g/mol. The van der Waals surface area contributed by atoms with E-state index < -0.39 is 4.92 Å². The average Bonchev–Trinajstić information content (AvgIpc) is 2.39. The van der Waals surface area contributed by atoms with E-state index in [4.69, 9.17) is 0 Å². The molecule has 1 aromatic heterocycles. The van der Waals surface area contributed by atoms with Gasteiger partial charge in [0.15, 0.2) is 0 Å². The molecule has 0 unspecified atom stereocenters. The van der Waals surface area contributed by atoms with E-state index in [-0.39, 0.29) is 5.69 Å². The molecular formula is C13H10N2O2. The number of hydrogen-bond donors (Lipinski definition) is 0. The zero-order chi connectivity index (χ0) is 12.3. The Morgan fingerprint density at radius 2 is 1.88 bits per heavy atom. The first-order valence-electron chi connectivity index (χ1n) is 5.04. The first-order valence-corrected chi connectivity index (χ1v) is 5.04. The van der Waals surface area contributed by atoms with Crippen molar-refractivity contribution >= 4 is 11.3 Å². The van der Waals surface area contributed by atoms with Gasteiger partial charge in [-0.05, 0) is 18.2 Å². The van der Waals surface area contributed by atoms with Crippen LogP contribution in [0.1, 0.15) is 11.3 Å². The topological polar surface area (TPSA) is 56.0 Å². The first-order chi connectivity index (χ1) is 8.20. The molecule has 0 atom stereocenters. The zero-order valence-electron chi connectivity index (χ0n) is 9.04. The Balaban J connectivity index is 2.48. The molecule has 0 radical (unpaired) electrons. The van der Waals surface area contributed by atoms with E-state index >= 15 is 0 Å². The van der Waals surface area contributed by atoms with E-state index in [2.05, 4.69) is 11.6 Å². The summed E-state index contributed by atoms with van der Waals surface area (Å²) in [5, 5.41) is 10.9. The number of rotatable bonds is 3. The van der Waals surface area contributed by atoms with Crippen LogP contribution in [0.25, 0.3) is 5.57 Å². The van der Waals surface area contributed by atoms with Gasteiger partial charge in [0.25, 0.3) is 5.69 Å². The number of pyridine rings is 1. The van der Waals surface area contributed by atoms with Crippen molar-refractivity contribution in [2.45, 2.75) is 0 Å². The van der Waals surface area contributed by atoms with Crippen LogP contribution in [-0.4, -0.2) is 9.91 Å². The van der Waals surface area contributed by atoms with Crippen LogP contribution in [-0.2, 0) is 0 Å². The van der Waals surface area contributed by atoms with Crippen molar-refractivity contribution < 1.29 is 4.92 Å². The fourth-order valence-electron chi connectivity index (χ4n) is 1.57. The van der Waals surface area contributed by atoms with Crippen LogP contribution >= 0.6 is 0 Å². The second-order valence-electron chi connectivity index (χ2n) is 3.47. The summed E-state index contributed by atoms with van der Waals surface area (Å²) in [4.78, 5) is 14.6. The van der Waals surface area contributed by atoms with E-state index in [0.717, 1.165) is 0 Å². The van der Waals surface area contributed by atoms with Gasteiger partial charge in [0.1, 0.15) is 0 Å². The highest BCUT2D eigenvalue weighted by atomic mass is 16.6. The van der Waals surface area contributed by atoms with E-state index in [9.17, 15) is 10.1 Å². The van der Waals surface area contributed by atoms with Crippen LogP contribution in [0.5, 0.6) is 0 Å². The second kappa shape index (κ2) is 4.57. The summed E-state index contributed by atoms with van der Waals surface area (Å²) >= 11 is 0. The van der Waals surface area contributed by atoms with Gasteiger partial charge >= 0.3 is 0 Å². The first kappa shape index (κ1) is 11.0. The lowest BCUT2D eigenvalue weighted by Crippen LogP contribution is -1.96. The van der Waals surface area contributed by atoms with E-state index in [1.54, 1.807) is 36.5 Å². The maximum absolute atomic E-state index is 10.9. The molecule has 84 valence electrons. The highest BCUT2D eigenvalue weighted by Crippen LogP contribution is 2.27. The van der Waals surface area contributed by atoms with Gasteiger partial charge in [-0.1, -0.05) is 24.8 Å². The van der Waals surface area contributed by atoms with E-state index in [0.29, 0.717) is 16.8 Å². The number of nitro groups is 1. The van der Waals surface area contributed by atoms with Crippen molar-refractivity contribution in [2.24, 2.45) is 0 Å². The molecular weight excluding hydrogens is 216 g/mol. The fraction of sp³-hybridized carbons (Fsp3) is 0. The molecule has 0 N–H and O–H groups in total. The lowest BCUT2D eigenvalue weighted by atomic mass is 10.0. The van der Waals surface area contributed by atoms with Crippen molar-refractivity contribution in [1.29, 1.82) is 0 Å². The van der Waals surface area contributed by atoms with Crippen LogP contribution in [0.2, 0.25) is 0 Å². The molecule has 17 heavy (non-hydrogen) atoms. The Morgan fingerprint density at radius 1 is 1.18 bits per heavy atom. The minimum absolute atomic E-state index is 0.0446. The van der Waals surface area contributed by atoms with Gasteiger partial charge in [0.2, 0.25) is 0 Å². The van der Waals surface area contributed by atoms with Gasteiger partial charge in [-0.2, -0.15) is 0 Å². The van der Waals surface area contributed by atoms with Crippen molar-refractivity contribution in [1.82, 2.24) is 4.98 Å². The van der Waals surface area contributed by atoms with Gasteiger partial charge in [0, 0.05) is 17.8 Å². The van der Waals surface area contributed by atoms with Crippen molar-refractivity contribution in [3.63, 3.8) is 0 Å². The highest BCUT2D eigenvalue weighted by molar-refractivity contribution is 5.80. The Kier molecular flexibility index (Phi) is 2.96. The molecule has 0 saturated heterocycles. The minimum atomic E-state index is -0.413. The standard InChI is InChI=1S/C13H10N2O2/c1-10(12-7-4-5-9-14-12)11-6-2-3-8-13(11)15(16)17/h2-9H,1H2. The summed E-state index contributed by atoms with van der Waals surface area (Å²) in [6.45, 7) is 3.87. The smallest absolute Gasteiger partial charge is 0.258 e. The van der Waals surface area contributed by atoms with Crippen LogP contribution in [0.4, 0.5) is 5.69 Å².